The summed E-state index contributed by atoms with van der Waals surface area (Å²) in [5.41, 5.74) is 0. The zero-order chi connectivity index (χ0) is 40.3. The van der Waals surface area contributed by atoms with Gasteiger partial charge in [0.15, 0.2) is 0 Å². The summed E-state index contributed by atoms with van der Waals surface area (Å²) in [5, 5.41) is 12.7. The Labute approximate surface area is 339 Å². The van der Waals surface area contributed by atoms with E-state index in [0.717, 1.165) is 38.5 Å². The topological polar surface area (TPSA) is 131 Å². The molecule has 328 valence electrons. The molecular weight excluding hydrogens is 713 g/mol. The molecule has 0 aliphatic heterocycles. The van der Waals surface area contributed by atoms with Crippen LogP contribution in [0.5, 0.6) is 0 Å². The van der Waals surface area contributed by atoms with Gasteiger partial charge in [-0.05, 0) is 12.8 Å². The number of phosphoric ester groups is 1. The maximum atomic E-state index is 12.1. The molecule has 2 atom stereocenters. The van der Waals surface area contributed by atoms with E-state index >= 15 is 0 Å². The van der Waals surface area contributed by atoms with E-state index in [-0.39, 0.29) is 25.7 Å². The van der Waals surface area contributed by atoms with E-state index < -0.39 is 26.5 Å². The molecule has 0 heterocycles. The monoisotopic (exact) mass is 804 g/mol. The highest BCUT2D eigenvalue weighted by Crippen LogP contribution is 2.42. The Morgan fingerprint density at radius 2 is 0.818 bits per heavy atom. The average Bonchev–Trinajstić information content (AvgIpc) is 3.17. The van der Waals surface area contributed by atoms with Gasteiger partial charge in [-0.25, -0.2) is 4.57 Å². The maximum absolute atomic E-state index is 12.1. The molecule has 0 spiro atoms. The fourth-order valence-electron chi connectivity index (χ4n) is 6.97. The number of nitrogens with one attached hydrogen (secondary N) is 1. The number of rotatable bonds is 45. The molecule has 0 aromatic carbocycles. The second kappa shape index (κ2) is 42.6. The number of unbranched alkanes of at least 4 members (excludes halogenated alkanes) is 32. The molecule has 0 aliphatic rings. The van der Waals surface area contributed by atoms with E-state index in [1.54, 1.807) is 0 Å². The SMILES string of the molecule is CCCCCCCCCCCCCCCCCCCCC(=O)NCCOP(=O)(O)OCC(O)COC(=O)CCCCCCCCCCCCCCCCCC. The molecule has 0 saturated carbocycles. The first-order valence-corrected chi connectivity index (χ1v) is 25.0. The van der Waals surface area contributed by atoms with E-state index in [1.165, 1.54) is 180 Å². The smallest absolute Gasteiger partial charge is 0.463 e. The fraction of sp³-hybridized carbons (Fsp3) is 0.956. The Hall–Kier alpha value is -0.990. The molecule has 0 fully saturated rings. The highest BCUT2D eigenvalue weighted by Gasteiger charge is 2.23. The first kappa shape index (κ1) is 54.0. The molecule has 9 nitrogen and oxygen atoms in total. The minimum absolute atomic E-state index is 0.0886. The summed E-state index contributed by atoms with van der Waals surface area (Å²) in [5.74, 6) is -0.501. The number of aliphatic hydroxyl groups is 1. The molecular formula is C45H90NO8P. The summed E-state index contributed by atoms with van der Waals surface area (Å²) in [4.78, 5) is 34.0. The highest BCUT2D eigenvalue weighted by molar-refractivity contribution is 7.47. The van der Waals surface area contributed by atoms with E-state index in [2.05, 4.69) is 19.2 Å². The number of carbonyl (C=O) groups excluding carboxylic acids is 2. The van der Waals surface area contributed by atoms with E-state index in [1.807, 2.05) is 0 Å². The summed E-state index contributed by atoms with van der Waals surface area (Å²) in [7, 11) is -4.41. The van der Waals surface area contributed by atoms with Crippen molar-refractivity contribution in [1.82, 2.24) is 5.32 Å². The number of esters is 1. The Morgan fingerprint density at radius 3 is 1.18 bits per heavy atom. The first-order valence-electron chi connectivity index (χ1n) is 23.5. The molecule has 0 aromatic heterocycles. The van der Waals surface area contributed by atoms with Crippen LogP contribution in [0, 0.1) is 0 Å². The molecule has 0 rings (SSSR count). The maximum Gasteiger partial charge on any atom is 0.472 e. The first-order chi connectivity index (χ1) is 26.8. The van der Waals surface area contributed by atoms with Crippen LogP contribution >= 0.6 is 7.82 Å². The summed E-state index contributed by atoms with van der Waals surface area (Å²) < 4.78 is 26.9. The van der Waals surface area contributed by atoms with Crippen molar-refractivity contribution in [2.45, 2.75) is 251 Å². The van der Waals surface area contributed by atoms with Crippen molar-refractivity contribution < 1.29 is 37.9 Å². The van der Waals surface area contributed by atoms with Gasteiger partial charge in [0, 0.05) is 19.4 Å². The number of aliphatic hydroxyl groups excluding tert-OH is 1. The molecule has 55 heavy (non-hydrogen) atoms. The van der Waals surface area contributed by atoms with Crippen molar-refractivity contribution in [3.63, 3.8) is 0 Å². The largest absolute Gasteiger partial charge is 0.472 e. The molecule has 3 N–H and O–H groups in total. The van der Waals surface area contributed by atoms with Gasteiger partial charge >= 0.3 is 13.8 Å². The zero-order valence-corrected chi connectivity index (χ0v) is 37.0. The fourth-order valence-corrected chi connectivity index (χ4v) is 7.73. The third kappa shape index (κ3) is 44.0. The van der Waals surface area contributed by atoms with Crippen molar-refractivity contribution in [1.29, 1.82) is 0 Å². The van der Waals surface area contributed by atoms with Crippen molar-refractivity contribution in [3.05, 3.63) is 0 Å². The van der Waals surface area contributed by atoms with Gasteiger partial charge in [-0.15, -0.1) is 0 Å². The van der Waals surface area contributed by atoms with Gasteiger partial charge in [-0.3, -0.25) is 18.6 Å². The lowest BCUT2D eigenvalue weighted by Gasteiger charge is -2.15. The number of phosphoric acid groups is 1. The zero-order valence-electron chi connectivity index (χ0n) is 36.2. The Kier molecular flexibility index (Phi) is 41.8. The standard InChI is InChI=1S/C45H90NO8P/c1-3-5-7-9-11-13-15-17-19-21-22-23-25-27-29-31-33-35-37-44(48)46-39-40-53-55(50,51)54-42-43(47)41-52-45(49)38-36-34-32-30-28-26-24-20-18-16-14-12-10-8-6-4-2/h43,47H,3-42H2,1-2H3,(H,46,48)(H,50,51). The van der Waals surface area contributed by atoms with Crippen molar-refractivity contribution in [2.24, 2.45) is 0 Å². The summed E-state index contributed by atoms with van der Waals surface area (Å²) >= 11 is 0. The number of carbonyl (C=O) groups is 2. The Bertz CT molecular complexity index is 876. The molecule has 10 heteroatoms. The quantitative estimate of drug-likeness (QED) is 0.0315. The van der Waals surface area contributed by atoms with Gasteiger partial charge < -0.3 is 20.1 Å². The van der Waals surface area contributed by atoms with Crippen molar-refractivity contribution >= 4 is 19.7 Å². The Morgan fingerprint density at radius 1 is 0.491 bits per heavy atom. The molecule has 1 amide bonds. The number of ether oxygens (including phenoxy) is 1. The van der Waals surface area contributed by atoms with Gasteiger partial charge in [0.05, 0.1) is 13.2 Å². The molecule has 0 bridgehead atoms. The lowest BCUT2D eigenvalue weighted by atomic mass is 10.0. The normalized spacial score (nSPS) is 13.2. The highest BCUT2D eigenvalue weighted by atomic mass is 31.2. The second-order valence-corrected chi connectivity index (χ2v) is 17.6. The lowest BCUT2D eigenvalue weighted by Crippen LogP contribution is -2.27. The Balaban J connectivity index is 3.53. The predicted molar refractivity (Wildman–Crippen MR) is 229 cm³/mol. The van der Waals surface area contributed by atoms with Crippen LogP contribution < -0.4 is 5.32 Å². The third-order valence-corrected chi connectivity index (χ3v) is 11.5. The lowest BCUT2D eigenvalue weighted by molar-refractivity contribution is -0.147. The van der Waals surface area contributed by atoms with E-state index in [9.17, 15) is 24.2 Å². The molecule has 0 aromatic rings. The van der Waals surface area contributed by atoms with Gasteiger partial charge in [-0.1, -0.05) is 219 Å². The summed E-state index contributed by atoms with van der Waals surface area (Å²) in [6.07, 6.45) is 43.2. The number of hydrogen-bond acceptors (Lipinski definition) is 7. The summed E-state index contributed by atoms with van der Waals surface area (Å²) in [6, 6.07) is 0. The molecule has 0 saturated heterocycles. The number of hydrogen-bond donors (Lipinski definition) is 3. The van der Waals surface area contributed by atoms with Crippen LogP contribution in [0.25, 0.3) is 0 Å². The van der Waals surface area contributed by atoms with Crippen LogP contribution in [0.4, 0.5) is 0 Å². The third-order valence-electron chi connectivity index (χ3n) is 10.5. The predicted octanol–water partition coefficient (Wildman–Crippen LogP) is 13.2. The minimum Gasteiger partial charge on any atom is -0.463 e. The van der Waals surface area contributed by atoms with Crippen molar-refractivity contribution in [3.8, 4) is 0 Å². The van der Waals surface area contributed by atoms with Gasteiger partial charge in [0.25, 0.3) is 0 Å². The van der Waals surface area contributed by atoms with Crippen molar-refractivity contribution in [2.75, 3.05) is 26.4 Å². The van der Waals surface area contributed by atoms with E-state index in [4.69, 9.17) is 13.8 Å². The minimum atomic E-state index is -4.41. The van der Waals surface area contributed by atoms with Crippen LogP contribution in [-0.4, -0.2) is 54.3 Å². The molecule has 0 aliphatic carbocycles. The summed E-state index contributed by atoms with van der Waals surface area (Å²) in [6.45, 7) is 3.61. The second-order valence-electron chi connectivity index (χ2n) is 16.1. The molecule has 0 radical (unpaired) electrons. The van der Waals surface area contributed by atoms with Crippen LogP contribution in [0.1, 0.15) is 245 Å². The van der Waals surface area contributed by atoms with Crippen LogP contribution in [0.2, 0.25) is 0 Å². The van der Waals surface area contributed by atoms with Gasteiger partial charge in [0.2, 0.25) is 5.91 Å². The van der Waals surface area contributed by atoms with Gasteiger partial charge in [0.1, 0.15) is 12.7 Å². The number of amides is 1. The van der Waals surface area contributed by atoms with Gasteiger partial charge in [-0.2, -0.15) is 0 Å². The van der Waals surface area contributed by atoms with E-state index in [0.29, 0.717) is 12.8 Å². The van der Waals surface area contributed by atoms with Crippen LogP contribution in [-0.2, 0) is 27.9 Å². The molecule has 2 unspecified atom stereocenters. The average molecular weight is 804 g/mol. The van der Waals surface area contributed by atoms with Crippen LogP contribution in [0.15, 0.2) is 0 Å². The van der Waals surface area contributed by atoms with Crippen LogP contribution in [0.3, 0.4) is 0 Å².